The first-order valence-electron chi connectivity index (χ1n) is 4.76. The van der Waals surface area contributed by atoms with Crippen molar-refractivity contribution in [2.75, 3.05) is 0 Å². The normalized spacial score (nSPS) is 11.2. The van der Waals surface area contributed by atoms with Gasteiger partial charge in [0.2, 0.25) is 0 Å². The summed E-state index contributed by atoms with van der Waals surface area (Å²) in [7, 11) is 0. The molecule has 0 bridgehead atoms. The lowest BCUT2D eigenvalue weighted by Crippen LogP contribution is -2.21. The molecule has 0 radical (unpaired) electrons. The third-order valence-electron chi connectivity index (χ3n) is 2.13. The van der Waals surface area contributed by atoms with Crippen LogP contribution in [0.1, 0.15) is 31.1 Å². The van der Waals surface area contributed by atoms with Crippen LogP contribution in [0.4, 0.5) is 5.69 Å². The summed E-state index contributed by atoms with van der Waals surface area (Å²) >= 11 is 0. The molecule has 0 aliphatic rings. The van der Waals surface area contributed by atoms with Gasteiger partial charge in [0.1, 0.15) is 11.3 Å². The van der Waals surface area contributed by atoms with Crippen molar-refractivity contribution >= 4 is 11.5 Å². The third-order valence-corrected chi connectivity index (χ3v) is 2.13. The van der Waals surface area contributed by atoms with Gasteiger partial charge in [-0.2, -0.15) is 0 Å². The molecule has 0 unspecified atom stereocenters. The van der Waals surface area contributed by atoms with Crippen LogP contribution in [0.3, 0.4) is 0 Å². The number of benzene rings is 1. The number of aromatic hydroxyl groups is 1. The van der Waals surface area contributed by atoms with Crippen molar-refractivity contribution in [1.82, 2.24) is 0 Å². The fourth-order valence-electron chi connectivity index (χ4n) is 1.29. The molecule has 0 aliphatic heterocycles. The molecule has 0 fully saturated rings. The van der Waals surface area contributed by atoms with E-state index in [1.165, 1.54) is 18.2 Å². The Kier molecular flexibility index (Phi) is 2.98. The second kappa shape index (κ2) is 3.92. The van der Waals surface area contributed by atoms with Crippen molar-refractivity contribution in [1.29, 1.82) is 0 Å². The van der Waals surface area contributed by atoms with E-state index in [2.05, 4.69) is 0 Å². The molecule has 1 aromatic carbocycles. The fourth-order valence-corrected chi connectivity index (χ4v) is 1.29. The topological polar surface area (TPSA) is 80.4 Å². The highest BCUT2D eigenvalue weighted by atomic mass is 16.6. The van der Waals surface area contributed by atoms with Crippen molar-refractivity contribution < 1.29 is 14.8 Å². The second-order valence-electron chi connectivity index (χ2n) is 4.51. The number of Topliss-reactive ketones (excluding diaryl/α,β-unsaturated/α-hetero) is 1. The van der Waals surface area contributed by atoms with Gasteiger partial charge >= 0.3 is 0 Å². The van der Waals surface area contributed by atoms with Crippen LogP contribution < -0.4 is 0 Å². The molecule has 1 N–H and O–H groups in total. The molecule has 1 aromatic rings. The number of hydrogen-bond acceptors (Lipinski definition) is 4. The van der Waals surface area contributed by atoms with Gasteiger partial charge < -0.3 is 5.11 Å². The molecule has 0 amide bonds. The van der Waals surface area contributed by atoms with Gasteiger partial charge in [-0.1, -0.05) is 26.8 Å². The Morgan fingerprint density at radius 2 is 1.94 bits per heavy atom. The number of carbonyl (C=O) groups is 1. The zero-order valence-corrected chi connectivity index (χ0v) is 9.35. The molecule has 5 heteroatoms. The van der Waals surface area contributed by atoms with Crippen LogP contribution in [0, 0.1) is 15.5 Å². The smallest absolute Gasteiger partial charge is 0.283 e. The minimum atomic E-state index is -0.774. The van der Waals surface area contributed by atoms with Gasteiger partial charge in [-0.05, 0) is 6.07 Å². The van der Waals surface area contributed by atoms with Crippen LogP contribution in [0.2, 0.25) is 0 Å². The van der Waals surface area contributed by atoms with E-state index in [0.29, 0.717) is 0 Å². The Morgan fingerprint density at radius 3 is 2.38 bits per heavy atom. The van der Waals surface area contributed by atoms with Gasteiger partial charge in [0.05, 0.1) is 4.92 Å². The van der Waals surface area contributed by atoms with Crippen molar-refractivity contribution in [3.05, 3.63) is 33.9 Å². The summed E-state index contributed by atoms with van der Waals surface area (Å²) in [6.45, 7) is 4.93. The van der Waals surface area contributed by atoms with E-state index < -0.39 is 16.1 Å². The van der Waals surface area contributed by atoms with E-state index in [9.17, 15) is 20.0 Å². The molecule has 5 nitrogen and oxygen atoms in total. The SMILES string of the molecule is CC(C)(C)C(=O)c1c(O)cccc1[N+](=O)[O-]. The number of nitro groups is 1. The lowest BCUT2D eigenvalue weighted by atomic mass is 9.85. The number of nitrogens with zero attached hydrogens (tertiary/aromatic N) is 1. The molecule has 1 rings (SSSR count). The Hall–Kier alpha value is -1.91. The molecule has 0 aromatic heterocycles. The quantitative estimate of drug-likeness (QED) is 0.474. The number of rotatable bonds is 2. The minimum absolute atomic E-state index is 0.222. The minimum Gasteiger partial charge on any atom is -0.507 e. The summed E-state index contributed by atoms with van der Waals surface area (Å²) in [6, 6.07) is 3.82. The highest BCUT2D eigenvalue weighted by molar-refractivity contribution is 6.05. The summed E-state index contributed by atoms with van der Waals surface area (Å²) < 4.78 is 0. The van der Waals surface area contributed by atoms with Crippen LogP contribution in [-0.4, -0.2) is 15.8 Å². The zero-order chi connectivity index (χ0) is 12.5. The summed E-state index contributed by atoms with van der Waals surface area (Å²) in [5.41, 5.74) is -1.36. The maximum Gasteiger partial charge on any atom is 0.283 e. The Bertz CT molecular complexity index is 446. The van der Waals surface area contributed by atoms with Crippen LogP contribution in [0.5, 0.6) is 5.75 Å². The number of hydrogen-bond donors (Lipinski definition) is 1. The molecule has 16 heavy (non-hydrogen) atoms. The molecule has 0 atom stereocenters. The van der Waals surface area contributed by atoms with Gasteiger partial charge in [0, 0.05) is 11.5 Å². The summed E-state index contributed by atoms with van der Waals surface area (Å²) in [5, 5.41) is 20.3. The molecule has 86 valence electrons. The van der Waals surface area contributed by atoms with Crippen molar-refractivity contribution in [3.63, 3.8) is 0 Å². The third kappa shape index (κ3) is 2.18. The van der Waals surface area contributed by atoms with E-state index in [-0.39, 0.29) is 17.0 Å². The zero-order valence-electron chi connectivity index (χ0n) is 9.35. The van der Waals surface area contributed by atoms with Gasteiger partial charge in [-0.3, -0.25) is 14.9 Å². The largest absolute Gasteiger partial charge is 0.507 e. The standard InChI is InChI=1S/C11H13NO4/c1-11(2,3)10(14)9-7(12(15)16)5-4-6-8(9)13/h4-6,13H,1-3H3. The molecule has 0 spiro atoms. The van der Waals surface area contributed by atoms with Crippen molar-refractivity contribution in [2.24, 2.45) is 5.41 Å². The Labute approximate surface area is 92.9 Å². The maximum atomic E-state index is 11.9. The highest BCUT2D eigenvalue weighted by Crippen LogP contribution is 2.33. The number of phenolic OH excluding ortho intramolecular Hbond substituents is 1. The van der Waals surface area contributed by atoms with Crippen LogP contribution in [-0.2, 0) is 0 Å². The first kappa shape index (κ1) is 12.2. The van der Waals surface area contributed by atoms with Gasteiger partial charge in [-0.25, -0.2) is 0 Å². The molecule has 0 heterocycles. The lowest BCUT2D eigenvalue weighted by Gasteiger charge is -2.17. The Morgan fingerprint density at radius 1 is 1.38 bits per heavy atom. The van der Waals surface area contributed by atoms with E-state index in [4.69, 9.17) is 0 Å². The maximum absolute atomic E-state index is 11.9. The first-order valence-corrected chi connectivity index (χ1v) is 4.76. The lowest BCUT2D eigenvalue weighted by molar-refractivity contribution is -0.385. The monoisotopic (exact) mass is 223 g/mol. The second-order valence-corrected chi connectivity index (χ2v) is 4.51. The molecule has 0 saturated heterocycles. The summed E-state index contributed by atoms with van der Waals surface area (Å²) in [6.07, 6.45) is 0. The van der Waals surface area contributed by atoms with Crippen LogP contribution in [0.25, 0.3) is 0 Å². The first-order chi connectivity index (χ1) is 7.25. The molecule has 0 saturated carbocycles. The van der Waals surface area contributed by atoms with Crippen molar-refractivity contribution in [3.8, 4) is 5.75 Å². The van der Waals surface area contributed by atoms with Gasteiger partial charge in [0.15, 0.2) is 5.78 Å². The summed E-state index contributed by atoms with van der Waals surface area (Å²) in [4.78, 5) is 22.0. The number of carbonyl (C=O) groups excluding carboxylic acids is 1. The van der Waals surface area contributed by atoms with E-state index in [0.717, 1.165) is 0 Å². The molecular weight excluding hydrogens is 210 g/mol. The average molecular weight is 223 g/mol. The van der Waals surface area contributed by atoms with Crippen LogP contribution in [0.15, 0.2) is 18.2 Å². The highest BCUT2D eigenvalue weighted by Gasteiger charge is 2.31. The van der Waals surface area contributed by atoms with Gasteiger partial charge in [-0.15, -0.1) is 0 Å². The van der Waals surface area contributed by atoms with E-state index in [1.54, 1.807) is 20.8 Å². The Balaban J connectivity index is 3.43. The number of phenols is 1. The van der Waals surface area contributed by atoms with Crippen LogP contribution >= 0.6 is 0 Å². The van der Waals surface area contributed by atoms with E-state index >= 15 is 0 Å². The van der Waals surface area contributed by atoms with E-state index in [1.807, 2.05) is 0 Å². The van der Waals surface area contributed by atoms with Gasteiger partial charge in [0.25, 0.3) is 5.69 Å². The molecular formula is C11H13NO4. The number of nitro benzene ring substituents is 1. The molecule has 0 aliphatic carbocycles. The summed E-state index contributed by atoms with van der Waals surface area (Å²) in [5.74, 6) is -0.800. The predicted molar refractivity (Wildman–Crippen MR) is 58.5 cm³/mol. The van der Waals surface area contributed by atoms with Crippen molar-refractivity contribution in [2.45, 2.75) is 20.8 Å². The number of ketones is 1. The average Bonchev–Trinajstić information content (AvgIpc) is 2.14. The predicted octanol–water partition coefficient (Wildman–Crippen LogP) is 2.53. The fraction of sp³-hybridized carbons (Fsp3) is 0.364.